The van der Waals surface area contributed by atoms with Gasteiger partial charge in [0.2, 0.25) is 10.0 Å². The first-order valence-corrected chi connectivity index (χ1v) is 17.1. The van der Waals surface area contributed by atoms with Gasteiger partial charge in [0.25, 0.3) is 10.0 Å². The summed E-state index contributed by atoms with van der Waals surface area (Å²) in [5.74, 6) is -6.01. The molecule has 0 atom stereocenters. The summed E-state index contributed by atoms with van der Waals surface area (Å²) in [6.07, 6.45) is -4.19. The maximum atomic E-state index is 15.4. The van der Waals surface area contributed by atoms with E-state index in [1.165, 1.54) is 22.5 Å². The summed E-state index contributed by atoms with van der Waals surface area (Å²) in [5.41, 5.74) is 0.0820. The molecule has 2 aromatic rings. The van der Waals surface area contributed by atoms with Crippen molar-refractivity contribution >= 4 is 55.1 Å². The Hall–Kier alpha value is -2.50. The Morgan fingerprint density at radius 3 is 2.02 bits per heavy atom. The number of halogens is 6. The van der Waals surface area contributed by atoms with Gasteiger partial charge >= 0.3 is 18.1 Å². The molecule has 0 N–H and O–H groups in total. The van der Waals surface area contributed by atoms with E-state index in [1.807, 2.05) is 4.90 Å². The normalized spacial score (nSPS) is 18.7. The summed E-state index contributed by atoms with van der Waals surface area (Å²) in [7, 11) is -8.74. The molecule has 0 bridgehead atoms. The van der Waals surface area contributed by atoms with E-state index < -0.39 is 59.2 Å². The first-order chi connectivity index (χ1) is 20.5. The topological polar surface area (TPSA) is 121 Å². The van der Waals surface area contributed by atoms with Gasteiger partial charge in [-0.05, 0) is 73.1 Å². The third-order valence-corrected chi connectivity index (χ3v) is 11.7. The number of rotatable bonds is 8. The van der Waals surface area contributed by atoms with Crippen molar-refractivity contribution in [3.63, 3.8) is 0 Å². The van der Waals surface area contributed by atoms with Crippen molar-refractivity contribution in [1.82, 2.24) is 13.7 Å². The molecule has 0 spiro atoms. The lowest BCUT2D eigenvalue weighted by atomic mass is 9.98. The van der Waals surface area contributed by atoms with Crippen molar-refractivity contribution in [3.8, 4) is 0 Å². The molecule has 0 unspecified atom stereocenters. The molecule has 1 amide bonds. The molecule has 0 radical (unpaired) electrons. The Kier molecular flexibility index (Phi) is 8.98. The Morgan fingerprint density at radius 1 is 0.909 bits per heavy atom. The molecule has 5 rings (SSSR count). The van der Waals surface area contributed by atoms with Crippen LogP contribution in [0.1, 0.15) is 53.1 Å². The van der Waals surface area contributed by atoms with Gasteiger partial charge in [0.15, 0.2) is 0 Å². The van der Waals surface area contributed by atoms with Gasteiger partial charge in [0.05, 0.1) is 15.7 Å². The zero-order valence-corrected chi connectivity index (χ0v) is 25.8. The van der Waals surface area contributed by atoms with E-state index in [1.54, 1.807) is 0 Å². The molecule has 1 saturated heterocycles. The summed E-state index contributed by atoms with van der Waals surface area (Å²) in [4.78, 5) is 30.5. The molecule has 3 aliphatic rings. The molecular formula is C26H25Cl2F4N3O7S2. The molecule has 2 saturated carbocycles. The van der Waals surface area contributed by atoms with Gasteiger partial charge in [-0.1, -0.05) is 27.7 Å². The van der Waals surface area contributed by atoms with Crippen LogP contribution in [-0.4, -0.2) is 80.0 Å². The fourth-order valence-electron chi connectivity index (χ4n) is 4.84. The highest BCUT2D eigenvalue weighted by Crippen LogP contribution is 2.43. The predicted molar refractivity (Wildman–Crippen MR) is 149 cm³/mol. The lowest BCUT2D eigenvalue weighted by Crippen LogP contribution is -2.48. The van der Waals surface area contributed by atoms with Crippen LogP contribution in [0.2, 0.25) is 10.0 Å². The summed E-state index contributed by atoms with van der Waals surface area (Å²) in [5, 5.41) is -0.910. The van der Waals surface area contributed by atoms with Crippen LogP contribution in [0, 0.1) is 5.82 Å². The molecule has 18 heteroatoms. The summed E-state index contributed by atoms with van der Waals surface area (Å²) >= 11 is 11.9. The Labute approximate surface area is 260 Å². The number of hydroxylamine groups is 1. The second-order valence-electron chi connectivity index (χ2n) is 10.7. The van der Waals surface area contributed by atoms with Crippen LogP contribution in [-0.2, 0) is 36.2 Å². The van der Waals surface area contributed by atoms with Crippen molar-refractivity contribution in [1.29, 1.82) is 0 Å². The van der Waals surface area contributed by atoms with E-state index in [0.29, 0.717) is 24.0 Å². The van der Waals surface area contributed by atoms with Crippen molar-refractivity contribution < 1.29 is 48.8 Å². The fourth-order valence-corrected chi connectivity index (χ4v) is 8.49. The second kappa shape index (κ2) is 12.0. The molecule has 10 nitrogen and oxygen atoms in total. The molecule has 44 heavy (non-hydrogen) atoms. The van der Waals surface area contributed by atoms with Crippen molar-refractivity contribution in [2.75, 3.05) is 26.2 Å². The minimum Gasteiger partial charge on any atom is -0.314 e. The van der Waals surface area contributed by atoms with Gasteiger partial charge in [-0.25, -0.2) is 26.0 Å². The highest BCUT2D eigenvalue weighted by molar-refractivity contribution is 7.90. The molecule has 240 valence electrons. The van der Waals surface area contributed by atoms with E-state index in [2.05, 4.69) is 4.84 Å². The van der Waals surface area contributed by atoms with Gasteiger partial charge in [-0.2, -0.15) is 17.5 Å². The summed E-state index contributed by atoms with van der Waals surface area (Å²) < 4.78 is 106. The van der Waals surface area contributed by atoms with Crippen LogP contribution in [0.5, 0.6) is 0 Å². The van der Waals surface area contributed by atoms with Crippen LogP contribution in [0.4, 0.5) is 17.6 Å². The maximum Gasteiger partial charge on any atom is 0.493 e. The molecule has 3 fully saturated rings. The molecular weight excluding hydrogens is 677 g/mol. The Balaban J connectivity index is 1.35. The van der Waals surface area contributed by atoms with Gasteiger partial charge in [0.1, 0.15) is 5.82 Å². The SMILES string of the molecule is O=C(c1cc(C2CC2)c(CN2CCN(S(=O)(=O)c3cc(Cl)cc(Cl)c3)CC2)cc1F)N(OC(=O)C(F)(F)F)S(=O)(=O)C1CC1. The second-order valence-corrected chi connectivity index (χ2v) is 15.6. The highest BCUT2D eigenvalue weighted by Gasteiger charge is 2.50. The number of piperazine rings is 1. The maximum absolute atomic E-state index is 15.4. The molecule has 0 aromatic heterocycles. The van der Waals surface area contributed by atoms with Gasteiger partial charge in [0, 0.05) is 42.8 Å². The number of amides is 1. The standard InChI is InChI=1S/C26H25Cl2F4N3O7S2/c27-17-10-18(28)12-20(11-17)43(38,39)34-7-5-33(6-8-34)14-16-9-23(29)22(13-21(16)15-1-2-15)24(36)35(42-25(37)26(30,31)32)44(40,41)19-3-4-19/h9-13,15,19H,1-8,14H2. The number of carbonyl (C=O) groups is 2. The van der Waals surface area contributed by atoms with Crippen molar-refractivity contribution in [2.45, 2.75) is 54.5 Å². The van der Waals surface area contributed by atoms with Crippen LogP contribution in [0.15, 0.2) is 35.2 Å². The summed E-state index contributed by atoms with van der Waals surface area (Å²) in [6, 6.07) is 6.10. The van der Waals surface area contributed by atoms with E-state index in [9.17, 15) is 39.6 Å². The number of sulfonamides is 2. The van der Waals surface area contributed by atoms with E-state index >= 15 is 4.39 Å². The van der Waals surface area contributed by atoms with Crippen LogP contribution in [0.3, 0.4) is 0 Å². The number of carbonyl (C=O) groups excluding carboxylic acids is 2. The Bertz CT molecular complexity index is 1690. The van der Waals surface area contributed by atoms with Gasteiger partial charge in [-0.3, -0.25) is 9.69 Å². The van der Waals surface area contributed by atoms with Crippen LogP contribution in [0.25, 0.3) is 0 Å². The monoisotopic (exact) mass is 701 g/mol. The molecule has 2 aromatic carbocycles. The minimum atomic E-state index is -5.61. The fraction of sp³-hybridized carbons (Fsp3) is 0.462. The van der Waals surface area contributed by atoms with E-state index in [0.717, 1.165) is 12.1 Å². The van der Waals surface area contributed by atoms with Gasteiger partial charge < -0.3 is 4.84 Å². The lowest BCUT2D eigenvalue weighted by Gasteiger charge is -2.34. The lowest BCUT2D eigenvalue weighted by molar-refractivity contribution is -0.217. The zero-order chi connectivity index (χ0) is 32.2. The largest absolute Gasteiger partial charge is 0.493 e. The quantitative estimate of drug-likeness (QED) is 0.292. The van der Waals surface area contributed by atoms with Gasteiger partial charge in [-0.15, -0.1) is 0 Å². The number of nitrogens with zero attached hydrogens (tertiary/aromatic N) is 3. The number of hydrogen-bond acceptors (Lipinski definition) is 8. The molecule has 1 aliphatic heterocycles. The predicted octanol–water partition coefficient (Wildman–Crippen LogP) is 4.47. The number of alkyl halides is 3. The van der Waals surface area contributed by atoms with Crippen molar-refractivity contribution in [2.24, 2.45) is 0 Å². The van der Waals surface area contributed by atoms with E-state index in [4.69, 9.17) is 23.2 Å². The molecule has 2 aliphatic carbocycles. The number of hydrogen-bond donors (Lipinski definition) is 0. The number of benzene rings is 2. The summed E-state index contributed by atoms with van der Waals surface area (Å²) in [6.45, 7) is 0.883. The smallest absolute Gasteiger partial charge is 0.314 e. The average Bonchev–Trinajstić information content (AvgIpc) is 3.84. The van der Waals surface area contributed by atoms with E-state index in [-0.39, 0.29) is 66.4 Å². The first-order valence-electron chi connectivity index (χ1n) is 13.4. The third-order valence-electron chi connectivity index (χ3n) is 7.42. The average molecular weight is 703 g/mol. The first kappa shape index (κ1) is 32.9. The van der Waals surface area contributed by atoms with Crippen LogP contribution < -0.4 is 0 Å². The van der Waals surface area contributed by atoms with Crippen LogP contribution >= 0.6 is 23.2 Å². The third kappa shape index (κ3) is 6.99. The zero-order valence-electron chi connectivity index (χ0n) is 22.7. The molecule has 1 heterocycles. The Morgan fingerprint density at radius 2 is 1.50 bits per heavy atom. The minimum absolute atomic E-state index is 0.0336. The highest BCUT2D eigenvalue weighted by atomic mass is 35.5. The van der Waals surface area contributed by atoms with Crippen molar-refractivity contribution in [3.05, 3.63) is 62.9 Å².